The third-order valence-electron chi connectivity index (χ3n) is 2.06. The summed E-state index contributed by atoms with van der Waals surface area (Å²) in [4.78, 5) is 4.06. The summed E-state index contributed by atoms with van der Waals surface area (Å²) in [6.45, 7) is 0. The van der Waals surface area contributed by atoms with Crippen LogP contribution in [0.25, 0.3) is 10.9 Å². The molecule has 0 spiro atoms. The van der Waals surface area contributed by atoms with Crippen molar-refractivity contribution in [2.75, 3.05) is 0 Å². The summed E-state index contributed by atoms with van der Waals surface area (Å²) in [5, 5.41) is 0.127. The van der Waals surface area contributed by atoms with Crippen LogP contribution in [-0.2, 0) is 6.18 Å². The zero-order valence-corrected chi connectivity index (χ0v) is 11.4. The maximum Gasteiger partial charge on any atom is 0.417 e. The summed E-state index contributed by atoms with van der Waals surface area (Å²) in [5.74, 6) is 0. The summed E-state index contributed by atoms with van der Waals surface area (Å²) in [7, 11) is 0. The zero-order valence-electron chi connectivity index (χ0n) is 7.65. The Labute approximate surface area is 111 Å². The van der Waals surface area contributed by atoms with E-state index >= 15 is 0 Å². The molecule has 0 N–H and O–H groups in total. The Bertz CT molecular complexity index is 553. The number of benzene rings is 1. The Morgan fingerprint density at radius 3 is 2.56 bits per heavy atom. The first-order valence-corrected chi connectivity index (χ1v) is 6.09. The Morgan fingerprint density at radius 2 is 1.94 bits per heavy atom. The van der Waals surface area contributed by atoms with Crippen LogP contribution in [0.1, 0.15) is 5.56 Å². The van der Waals surface area contributed by atoms with E-state index in [9.17, 15) is 13.2 Å². The van der Waals surface area contributed by atoms with E-state index < -0.39 is 11.7 Å². The molecule has 0 saturated carbocycles. The topological polar surface area (TPSA) is 12.9 Å². The van der Waals surface area contributed by atoms with Gasteiger partial charge in [-0.15, -0.1) is 0 Å². The molecule has 0 atom stereocenters. The number of aromatic nitrogens is 1. The standard InChI is InChI=1S/C10H4BrF3IN/c11-8-4-6(10(12,13)14)5-2-1-3-7(15)9(5)16-8/h1-4H. The lowest BCUT2D eigenvalue weighted by Crippen LogP contribution is -2.07. The van der Waals surface area contributed by atoms with Gasteiger partial charge in [0.2, 0.25) is 0 Å². The maximum absolute atomic E-state index is 12.8. The number of hydrogen-bond donors (Lipinski definition) is 0. The van der Waals surface area contributed by atoms with E-state index in [4.69, 9.17) is 0 Å². The molecule has 0 amide bonds. The lowest BCUT2D eigenvalue weighted by molar-refractivity contribution is -0.136. The van der Waals surface area contributed by atoms with Crippen LogP contribution in [0.3, 0.4) is 0 Å². The highest BCUT2D eigenvalue weighted by Gasteiger charge is 2.33. The van der Waals surface area contributed by atoms with Crippen molar-refractivity contribution in [3.05, 3.63) is 38.0 Å². The summed E-state index contributed by atoms with van der Waals surface area (Å²) >= 11 is 4.96. The van der Waals surface area contributed by atoms with Gasteiger partial charge in [0.05, 0.1) is 11.1 Å². The van der Waals surface area contributed by atoms with Crippen molar-refractivity contribution in [2.45, 2.75) is 6.18 Å². The molecule has 0 radical (unpaired) electrons. The molecule has 6 heteroatoms. The van der Waals surface area contributed by atoms with Gasteiger partial charge in [0, 0.05) is 8.96 Å². The highest BCUT2D eigenvalue weighted by Crippen LogP contribution is 2.36. The molecule has 2 rings (SSSR count). The number of hydrogen-bond acceptors (Lipinski definition) is 1. The molecule has 1 heterocycles. The number of pyridine rings is 1. The van der Waals surface area contributed by atoms with Crippen molar-refractivity contribution < 1.29 is 13.2 Å². The fourth-order valence-corrected chi connectivity index (χ4v) is 2.44. The van der Waals surface area contributed by atoms with E-state index in [2.05, 4.69) is 20.9 Å². The quantitative estimate of drug-likeness (QED) is 0.463. The van der Waals surface area contributed by atoms with E-state index in [1.807, 2.05) is 22.6 Å². The smallest absolute Gasteiger partial charge is 0.240 e. The first kappa shape index (κ1) is 12.1. The summed E-state index contributed by atoms with van der Waals surface area (Å²) < 4.78 is 39.2. The largest absolute Gasteiger partial charge is 0.417 e. The highest BCUT2D eigenvalue weighted by molar-refractivity contribution is 14.1. The minimum Gasteiger partial charge on any atom is -0.240 e. The van der Waals surface area contributed by atoms with Gasteiger partial charge in [-0.3, -0.25) is 0 Å². The molecule has 1 nitrogen and oxygen atoms in total. The van der Waals surface area contributed by atoms with E-state index in [1.165, 1.54) is 6.07 Å². The number of fused-ring (bicyclic) bond motifs is 1. The Morgan fingerprint density at radius 1 is 1.25 bits per heavy atom. The second kappa shape index (κ2) is 4.14. The van der Waals surface area contributed by atoms with E-state index in [0.717, 1.165) is 6.07 Å². The van der Waals surface area contributed by atoms with Crippen LogP contribution in [0, 0.1) is 3.57 Å². The second-order valence-corrected chi connectivity index (χ2v) is 5.10. The van der Waals surface area contributed by atoms with Gasteiger partial charge >= 0.3 is 6.18 Å². The molecule has 0 fully saturated rings. The van der Waals surface area contributed by atoms with Crippen molar-refractivity contribution in [2.24, 2.45) is 0 Å². The molecule has 84 valence electrons. The molecular formula is C10H4BrF3IN. The fourth-order valence-electron chi connectivity index (χ4n) is 1.42. The van der Waals surface area contributed by atoms with Crippen LogP contribution in [0.5, 0.6) is 0 Å². The Balaban J connectivity index is 2.89. The van der Waals surface area contributed by atoms with Crippen molar-refractivity contribution >= 4 is 49.4 Å². The Hall–Kier alpha value is -0.370. The van der Waals surface area contributed by atoms with E-state index in [0.29, 0.717) is 9.09 Å². The molecule has 2 aromatic rings. The van der Waals surface area contributed by atoms with Crippen LogP contribution in [0.2, 0.25) is 0 Å². The minimum absolute atomic E-state index is 0.127. The van der Waals surface area contributed by atoms with Gasteiger partial charge in [0.1, 0.15) is 4.60 Å². The van der Waals surface area contributed by atoms with Crippen LogP contribution < -0.4 is 0 Å². The number of nitrogens with zero attached hydrogens (tertiary/aromatic N) is 1. The predicted octanol–water partition coefficient (Wildman–Crippen LogP) is 4.62. The summed E-state index contributed by atoms with van der Waals surface area (Å²) in [6.07, 6.45) is -4.37. The molecule has 0 aliphatic rings. The SMILES string of the molecule is FC(F)(F)c1cc(Br)nc2c(I)cccc12. The van der Waals surface area contributed by atoms with Gasteiger partial charge in [-0.1, -0.05) is 12.1 Å². The molecule has 1 aromatic heterocycles. The first-order chi connectivity index (χ1) is 7.39. The van der Waals surface area contributed by atoms with Crippen LogP contribution in [0.15, 0.2) is 28.9 Å². The monoisotopic (exact) mass is 401 g/mol. The lowest BCUT2D eigenvalue weighted by atomic mass is 10.1. The third-order valence-corrected chi connectivity index (χ3v) is 3.34. The normalized spacial score (nSPS) is 12.1. The van der Waals surface area contributed by atoms with Crippen LogP contribution in [0.4, 0.5) is 13.2 Å². The first-order valence-electron chi connectivity index (χ1n) is 4.21. The van der Waals surface area contributed by atoms with Crippen molar-refractivity contribution in [3.8, 4) is 0 Å². The number of halogens is 5. The minimum atomic E-state index is -4.37. The van der Waals surface area contributed by atoms with Crippen LogP contribution in [-0.4, -0.2) is 4.98 Å². The van der Waals surface area contributed by atoms with Crippen molar-refractivity contribution in [1.29, 1.82) is 0 Å². The third kappa shape index (κ3) is 2.17. The molecule has 16 heavy (non-hydrogen) atoms. The fraction of sp³-hybridized carbons (Fsp3) is 0.100. The van der Waals surface area contributed by atoms with Crippen molar-refractivity contribution in [3.63, 3.8) is 0 Å². The molecule has 0 saturated heterocycles. The average Bonchev–Trinajstić information content (AvgIpc) is 2.17. The molecule has 0 bridgehead atoms. The Kier molecular flexibility index (Phi) is 3.13. The molecule has 0 aliphatic heterocycles. The van der Waals surface area contributed by atoms with Gasteiger partial charge in [0.15, 0.2) is 0 Å². The van der Waals surface area contributed by atoms with E-state index in [-0.39, 0.29) is 9.99 Å². The molecular weight excluding hydrogens is 398 g/mol. The number of para-hydroxylation sites is 1. The second-order valence-electron chi connectivity index (χ2n) is 3.13. The zero-order chi connectivity index (χ0) is 11.9. The van der Waals surface area contributed by atoms with Gasteiger partial charge in [-0.05, 0) is 50.7 Å². The number of alkyl halides is 3. The maximum atomic E-state index is 12.8. The van der Waals surface area contributed by atoms with Gasteiger partial charge in [-0.25, -0.2) is 4.98 Å². The molecule has 0 unspecified atom stereocenters. The van der Waals surface area contributed by atoms with Gasteiger partial charge in [-0.2, -0.15) is 13.2 Å². The van der Waals surface area contributed by atoms with Crippen LogP contribution >= 0.6 is 38.5 Å². The summed E-state index contributed by atoms with van der Waals surface area (Å²) in [5.41, 5.74) is -0.298. The lowest BCUT2D eigenvalue weighted by Gasteiger charge is -2.11. The van der Waals surface area contributed by atoms with Gasteiger partial charge in [0.25, 0.3) is 0 Å². The predicted molar refractivity (Wildman–Crippen MR) is 67.2 cm³/mol. The number of rotatable bonds is 0. The highest BCUT2D eigenvalue weighted by atomic mass is 127. The van der Waals surface area contributed by atoms with E-state index in [1.54, 1.807) is 12.1 Å². The van der Waals surface area contributed by atoms with Gasteiger partial charge < -0.3 is 0 Å². The summed E-state index contributed by atoms with van der Waals surface area (Å²) in [6, 6.07) is 5.75. The molecule has 0 aliphatic carbocycles. The van der Waals surface area contributed by atoms with Crippen molar-refractivity contribution in [1.82, 2.24) is 4.98 Å². The molecule has 1 aromatic carbocycles. The average molecular weight is 402 g/mol.